The van der Waals surface area contributed by atoms with Gasteiger partial charge in [-0.1, -0.05) is 18.2 Å². The van der Waals surface area contributed by atoms with Gasteiger partial charge in [0.05, 0.1) is 25.5 Å². The Bertz CT molecular complexity index is 593. The fraction of sp³-hybridized carbons (Fsp3) is 0.400. The lowest BCUT2D eigenvalue weighted by Gasteiger charge is -2.16. The third-order valence-electron chi connectivity index (χ3n) is 3.80. The number of hydrazine groups is 1. The molecule has 0 spiro atoms. The summed E-state index contributed by atoms with van der Waals surface area (Å²) in [5.41, 5.74) is 7.84. The molecule has 0 bridgehead atoms. The van der Waals surface area contributed by atoms with Gasteiger partial charge in [0.25, 0.3) is 0 Å². The molecule has 1 atom stereocenters. The first-order valence-electron chi connectivity index (χ1n) is 6.97. The van der Waals surface area contributed by atoms with E-state index in [1.165, 1.54) is 22.3 Å². The Morgan fingerprint density at radius 3 is 3.00 bits per heavy atom. The maximum absolute atomic E-state index is 5.73. The Labute approximate surface area is 118 Å². The summed E-state index contributed by atoms with van der Waals surface area (Å²) < 4.78 is 7.38. The van der Waals surface area contributed by atoms with Crippen LogP contribution < -0.4 is 11.3 Å². The van der Waals surface area contributed by atoms with Crippen molar-refractivity contribution >= 4 is 0 Å². The molecule has 5 heteroatoms. The van der Waals surface area contributed by atoms with Crippen LogP contribution in [0.5, 0.6) is 0 Å². The molecule has 0 saturated carbocycles. The number of fused-ring (bicyclic) bond motifs is 1. The lowest BCUT2D eigenvalue weighted by molar-refractivity contribution is 0.134. The first-order chi connectivity index (χ1) is 9.80. The van der Waals surface area contributed by atoms with E-state index in [0.29, 0.717) is 6.61 Å². The highest BCUT2D eigenvalue weighted by Gasteiger charge is 2.16. The van der Waals surface area contributed by atoms with Crippen LogP contribution in [0, 0.1) is 0 Å². The van der Waals surface area contributed by atoms with Gasteiger partial charge in [-0.2, -0.15) is 5.10 Å². The van der Waals surface area contributed by atoms with Gasteiger partial charge in [-0.25, -0.2) is 0 Å². The van der Waals surface area contributed by atoms with E-state index < -0.39 is 0 Å². The third-order valence-corrected chi connectivity index (χ3v) is 3.80. The Hall–Kier alpha value is -1.69. The highest BCUT2D eigenvalue weighted by atomic mass is 16.5. The maximum Gasteiger partial charge on any atom is 0.0725 e. The number of nitrogens with two attached hydrogens (primary N) is 1. The number of rotatable bonds is 5. The monoisotopic (exact) mass is 272 g/mol. The van der Waals surface area contributed by atoms with E-state index in [9.17, 15) is 0 Å². The molecule has 106 valence electrons. The summed E-state index contributed by atoms with van der Waals surface area (Å²) in [7, 11) is 0. The molecule has 1 unspecified atom stereocenters. The number of aromatic nitrogens is 2. The summed E-state index contributed by atoms with van der Waals surface area (Å²) in [5, 5.41) is 4.30. The van der Waals surface area contributed by atoms with Crippen LogP contribution in [-0.4, -0.2) is 9.78 Å². The van der Waals surface area contributed by atoms with Crippen LogP contribution in [0.2, 0.25) is 0 Å². The van der Waals surface area contributed by atoms with Crippen molar-refractivity contribution in [2.75, 3.05) is 0 Å². The minimum atomic E-state index is 0.0930. The molecule has 2 heterocycles. The minimum Gasteiger partial charge on any atom is -0.372 e. The smallest absolute Gasteiger partial charge is 0.0725 e. The van der Waals surface area contributed by atoms with Gasteiger partial charge in [0.1, 0.15) is 0 Å². The minimum absolute atomic E-state index is 0.0930. The van der Waals surface area contributed by atoms with Gasteiger partial charge in [0.2, 0.25) is 0 Å². The van der Waals surface area contributed by atoms with Gasteiger partial charge in [-0.3, -0.25) is 16.0 Å². The number of ether oxygens (including phenoxy) is 1. The van der Waals surface area contributed by atoms with Crippen molar-refractivity contribution in [1.82, 2.24) is 15.2 Å². The Morgan fingerprint density at radius 1 is 1.40 bits per heavy atom. The molecule has 0 amide bonds. The van der Waals surface area contributed by atoms with E-state index in [1.807, 2.05) is 10.9 Å². The third kappa shape index (κ3) is 2.60. The highest BCUT2D eigenvalue weighted by molar-refractivity contribution is 5.35. The topological polar surface area (TPSA) is 65.1 Å². The second-order valence-electron chi connectivity index (χ2n) is 5.15. The molecule has 2 aromatic rings. The molecule has 0 aliphatic carbocycles. The molecule has 1 aliphatic rings. The Morgan fingerprint density at radius 2 is 2.25 bits per heavy atom. The number of benzene rings is 1. The molecule has 0 saturated heterocycles. The maximum atomic E-state index is 5.73. The summed E-state index contributed by atoms with van der Waals surface area (Å²) in [6.45, 7) is 4.39. The van der Waals surface area contributed by atoms with Crippen LogP contribution in [0.3, 0.4) is 0 Å². The van der Waals surface area contributed by atoms with Crippen molar-refractivity contribution in [3.8, 4) is 0 Å². The zero-order chi connectivity index (χ0) is 13.9. The van der Waals surface area contributed by atoms with Gasteiger partial charge in [-0.05, 0) is 35.6 Å². The number of hydrogen-bond donors (Lipinski definition) is 2. The predicted molar refractivity (Wildman–Crippen MR) is 76.6 cm³/mol. The molecular weight excluding hydrogens is 252 g/mol. The van der Waals surface area contributed by atoms with Crippen molar-refractivity contribution in [3.05, 3.63) is 52.8 Å². The first kappa shape index (κ1) is 13.3. The van der Waals surface area contributed by atoms with Crippen molar-refractivity contribution < 1.29 is 4.74 Å². The number of aryl methyl sites for hydroxylation is 1. The molecule has 1 aromatic carbocycles. The number of nitrogens with zero attached hydrogens (tertiary/aromatic N) is 2. The summed E-state index contributed by atoms with van der Waals surface area (Å²) in [4.78, 5) is 0. The van der Waals surface area contributed by atoms with Crippen molar-refractivity contribution in [1.29, 1.82) is 0 Å². The fourth-order valence-corrected chi connectivity index (χ4v) is 2.60. The fourth-order valence-electron chi connectivity index (χ4n) is 2.60. The van der Waals surface area contributed by atoms with Crippen LogP contribution in [-0.2, 0) is 30.9 Å². The standard InChI is InChI=1S/C15H20N4O/c1-2-19-8-11(7-17-19)5-15(18-16)12-3-4-13-9-20-10-14(13)6-12/h3-4,6-8,15,18H,2,5,9-10,16H2,1H3. The molecule has 1 aliphatic heterocycles. The Balaban J connectivity index is 1.79. The quantitative estimate of drug-likeness (QED) is 0.642. The molecule has 3 N–H and O–H groups in total. The van der Waals surface area contributed by atoms with Crippen molar-refractivity contribution in [2.24, 2.45) is 5.84 Å². The average Bonchev–Trinajstić information content (AvgIpc) is 3.12. The van der Waals surface area contributed by atoms with Crippen LogP contribution in [0.15, 0.2) is 30.6 Å². The van der Waals surface area contributed by atoms with Gasteiger partial charge in [0.15, 0.2) is 0 Å². The zero-order valence-electron chi connectivity index (χ0n) is 11.7. The highest BCUT2D eigenvalue weighted by Crippen LogP contribution is 2.25. The molecule has 20 heavy (non-hydrogen) atoms. The summed E-state index contributed by atoms with van der Waals surface area (Å²) in [6.07, 6.45) is 4.81. The van der Waals surface area contributed by atoms with E-state index in [0.717, 1.165) is 19.6 Å². The lowest BCUT2D eigenvalue weighted by atomic mass is 9.97. The van der Waals surface area contributed by atoms with Crippen LogP contribution in [0.25, 0.3) is 0 Å². The first-order valence-corrected chi connectivity index (χ1v) is 6.97. The van der Waals surface area contributed by atoms with Gasteiger partial charge < -0.3 is 4.74 Å². The van der Waals surface area contributed by atoms with E-state index >= 15 is 0 Å². The second-order valence-corrected chi connectivity index (χ2v) is 5.15. The normalized spacial score (nSPS) is 15.3. The van der Waals surface area contributed by atoms with Gasteiger partial charge in [-0.15, -0.1) is 0 Å². The van der Waals surface area contributed by atoms with Crippen molar-refractivity contribution in [3.63, 3.8) is 0 Å². The number of hydrogen-bond acceptors (Lipinski definition) is 4. The summed E-state index contributed by atoms with van der Waals surface area (Å²) in [6, 6.07) is 6.55. The summed E-state index contributed by atoms with van der Waals surface area (Å²) in [5.74, 6) is 5.73. The van der Waals surface area contributed by atoms with Crippen LogP contribution >= 0.6 is 0 Å². The number of nitrogens with one attached hydrogen (secondary N) is 1. The Kier molecular flexibility index (Phi) is 3.82. The SMILES string of the molecule is CCn1cc(CC(NN)c2ccc3c(c2)COC3)cn1. The molecule has 0 fully saturated rings. The van der Waals surface area contributed by atoms with Gasteiger partial charge in [0, 0.05) is 12.7 Å². The molecular formula is C15H20N4O. The molecule has 5 nitrogen and oxygen atoms in total. The van der Waals surface area contributed by atoms with Crippen LogP contribution in [0.4, 0.5) is 0 Å². The van der Waals surface area contributed by atoms with Crippen molar-refractivity contribution in [2.45, 2.75) is 39.1 Å². The second kappa shape index (κ2) is 5.75. The van der Waals surface area contributed by atoms with Crippen LogP contribution in [0.1, 0.15) is 35.2 Å². The van der Waals surface area contributed by atoms with Gasteiger partial charge >= 0.3 is 0 Å². The summed E-state index contributed by atoms with van der Waals surface area (Å²) >= 11 is 0. The molecule has 1 aromatic heterocycles. The van der Waals surface area contributed by atoms with E-state index in [2.05, 4.69) is 41.8 Å². The predicted octanol–water partition coefficient (Wildman–Crippen LogP) is 1.68. The van der Waals surface area contributed by atoms with E-state index in [-0.39, 0.29) is 6.04 Å². The molecule has 3 rings (SSSR count). The van der Waals surface area contributed by atoms with E-state index in [1.54, 1.807) is 0 Å². The lowest BCUT2D eigenvalue weighted by Crippen LogP contribution is -2.29. The van der Waals surface area contributed by atoms with E-state index in [4.69, 9.17) is 10.6 Å². The largest absolute Gasteiger partial charge is 0.372 e. The zero-order valence-corrected chi connectivity index (χ0v) is 11.7. The average molecular weight is 272 g/mol. The molecule has 0 radical (unpaired) electrons.